The highest BCUT2D eigenvalue weighted by atomic mass is 19.4. The lowest BCUT2D eigenvalue weighted by Crippen LogP contribution is -2.37. The van der Waals surface area contributed by atoms with Gasteiger partial charge in [-0.25, -0.2) is 4.39 Å². The number of ether oxygens (including phenoxy) is 2. The van der Waals surface area contributed by atoms with Gasteiger partial charge in [-0.05, 0) is 17.7 Å². The van der Waals surface area contributed by atoms with Crippen LogP contribution in [0.1, 0.15) is 17.2 Å². The molecule has 1 heterocycles. The molecule has 0 amide bonds. The van der Waals surface area contributed by atoms with Crippen LogP contribution in [-0.2, 0) is 15.7 Å². The van der Waals surface area contributed by atoms with Crippen LogP contribution in [0.2, 0.25) is 0 Å². The molecule has 2 atom stereocenters. The Balaban J connectivity index is 2.19. The summed E-state index contributed by atoms with van der Waals surface area (Å²) in [6.07, 6.45) is -5.19. The predicted molar refractivity (Wildman–Crippen MR) is 58.9 cm³/mol. The molecule has 0 spiro atoms. The molecule has 0 radical (unpaired) electrons. The summed E-state index contributed by atoms with van der Waals surface area (Å²) in [6, 6.07) is 1.92. The summed E-state index contributed by atoms with van der Waals surface area (Å²) in [7, 11) is 0. The van der Waals surface area contributed by atoms with Gasteiger partial charge in [-0.1, -0.05) is 6.07 Å². The van der Waals surface area contributed by atoms with E-state index in [4.69, 9.17) is 15.2 Å². The van der Waals surface area contributed by atoms with E-state index in [9.17, 15) is 17.6 Å². The monoisotopic (exact) mass is 279 g/mol. The molecule has 1 aromatic carbocycles. The van der Waals surface area contributed by atoms with E-state index in [1.165, 1.54) is 0 Å². The second-order valence-electron chi connectivity index (χ2n) is 4.25. The summed E-state index contributed by atoms with van der Waals surface area (Å²) in [4.78, 5) is 0. The summed E-state index contributed by atoms with van der Waals surface area (Å²) in [5.74, 6) is -1.34. The molecule has 2 rings (SSSR count). The molecular formula is C12H13F4NO2. The molecule has 1 aromatic rings. The highest BCUT2D eigenvalue weighted by molar-refractivity contribution is 5.29. The van der Waals surface area contributed by atoms with E-state index in [1.54, 1.807) is 0 Å². The number of halogens is 4. The zero-order valence-electron chi connectivity index (χ0n) is 9.91. The van der Waals surface area contributed by atoms with Crippen molar-refractivity contribution in [2.45, 2.75) is 18.3 Å². The Bertz CT molecular complexity index is 444. The van der Waals surface area contributed by atoms with Gasteiger partial charge in [0.2, 0.25) is 0 Å². The number of alkyl halides is 3. The van der Waals surface area contributed by atoms with Gasteiger partial charge in [-0.15, -0.1) is 0 Å². The molecule has 2 unspecified atom stereocenters. The Morgan fingerprint density at radius 1 is 1.26 bits per heavy atom. The average molecular weight is 279 g/mol. The number of benzene rings is 1. The maximum absolute atomic E-state index is 13.4. The first-order valence-electron chi connectivity index (χ1n) is 5.71. The van der Waals surface area contributed by atoms with Gasteiger partial charge < -0.3 is 15.2 Å². The molecule has 1 aliphatic rings. The van der Waals surface area contributed by atoms with Gasteiger partial charge in [0, 0.05) is 0 Å². The first-order valence-corrected chi connectivity index (χ1v) is 5.71. The number of hydrogen-bond acceptors (Lipinski definition) is 3. The van der Waals surface area contributed by atoms with Gasteiger partial charge in [0.15, 0.2) is 0 Å². The van der Waals surface area contributed by atoms with Crippen molar-refractivity contribution < 1.29 is 27.0 Å². The average Bonchev–Trinajstić information content (AvgIpc) is 2.37. The molecule has 0 aromatic heterocycles. The topological polar surface area (TPSA) is 44.5 Å². The van der Waals surface area contributed by atoms with Crippen LogP contribution in [0.3, 0.4) is 0 Å². The van der Waals surface area contributed by atoms with Gasteiger partial charge in [0.25, 0.3) is 0 Å². The highest BCUT2D eigenvalue weighted by Gasteiger charge is 2.34. The van der Waals surface area contributed by atoms with E-state index in [0.29, 0.717) is 19.3 Å². The molecule has 1 fully saturated rings. The molecule has 106 valence electrons. The van der Waals surface area contributed by atoms with E-state index in [0.717, 1.165) is 12.1 Å². The Morgan fingerprint density at radius 2 is 2.00 bits per heavy atom. The zero-order chi connectivity index (χ0) is 14.0. The third-order valence-corrected chi connectivity index (χ3v) is 2.93. The minimum absolute atomic E-state index is 0.240. The molecule has 1 aliphatic heterocycles. The first kappa shape index (κ1) is 14.2. The van der Waals surface area contributed by atoms with Crippen molar-refractivity contribution in [3.8, 4) is 0 Å². The fourth-order valence-electron chi connectivity index (χ4n) is 1.90. The van der Waals surface area contributed by atoms with Gasteiger partial charge in [0.05, 0.1) is 31.4 Å². The summed E-state index contributed by atoms with van der Waals surface area (Å²) in [6.45, 7) is 1.05. The van der Waals surface area contributed by atoms with Crippen LogP contribution >= 0.6 is 0 Å². The number of nitrogens with two attached hydrogens (primary N) is 1. The second-order valence-corrected chi connectivity index (χ2v) is 4.25. The Morgan fingerprint density at radius 3 is 2.53 bits per heavy atom. The molecule has 19 heavy (non-hydrogen) atoms. The van der Waals surface area contributed by atoms with E-state index < -0.39 is 29.7 Å². The van der Waals surface area contributed by atoms with Gasteiger partial charge in [0.1, 0.15) is 11.9 Å². The van der Waals surface area contributed by atoms with Gasteiger partial charge in [-0.2, -0.15) is 13.2 Å². The van der Waals surface area contributed by atoms with Crippen molar-refractivity contribution in [1.29, 1.82) is 0 Å². The lowest BCUT2D eigenvalue weighted by Gasteiger charge is -2.28. The van der Waals surface area contributed by atoms with Crippen molar-refractivity contribution >= 4 is 0 Å². The fraction of sp³-hybridized carbons (Fsp3) is 0.500. The standard InChI is InChI=1S/C12H13F4NO2/c13-9-5-7(1-2-8(9)12(14,15)16)11(17)10-6-18-3-4-19-10/h1-2,5,10-11H,3-4,6,17H2. The molecule has 0 aliphatic carbocycles. The normalized spacial score (nSPS) is 22.3. The minimum Gasteiger partial charge on any atom is -0.376 e. The summed E-state index contributed by atoms with van der Waals surface area (Å²) < 4.78 is 61.2. The van der Waals surface area contributed by atoms with E-state index in [-0.39, 0.29) is 12.2 Å². The maximum Gasteiger partial charge on any atom is 0.419 e. The summed E-state index contributed by atoms with van der Waals surface area (Å²) in [5.41, 5.74) is 4.79. The third-order valence-electron chi connectivity index (χ3n) is 2.93. The lowest BCUT2D eigenvalue weighted by atomic mass is 10.00. The van der Waals surface area contributed by atoms with Crippen molar-refractivity contribution in [3.05, 3.63) is 35.1 Å². The van der Waals surface area contributed by atoms with Crippen LogP contribution in [0.15, 0.2) is 18.2 Å². The quantitative estimate of drug-likeness (QED) is 0.845. The predicted octanol–water partition coefficient (Wildman–Crippen LogP) is 2.26. The minimum atomic E-state index is -4.71. The first-order chi connectivity index (χ1) is 8.89. The molecule has 0 saturated carbocycles. The van der Waals surface area contributed by atoms with Crippen molar-refractivity contribution in [2.75, 3.05) is 19.8 Å². The van der Waals surface area contributed by atoms with Gasteiger partial charge >= 0.3 is 6.18 Å². The molecule has 0 bridgehead atoms. The highest BCUT2D eigenvalue weighted by Crippen LogP contribution is 2.32. The third kappa shape index (κ3) is 3.23. The van der Waals surface area contributed by atoms with Crippen molar-refractivity contribution in [1.82, 2.24) is 0 Å². The van der Waals surface area contributed by atoms with E-state index in [2.05, 4.69) is 0 Å². The molecular weight excluding hydrogens is 266 g/mol. The SMILES string of the molecule is NC(c1ccc(C(F)(F)F)c(F)c1)C1COCCO1. The Hall–Kier alpha value is -1.18. The smallest absolute Gasteiger partial charge is 0.376 e. The largest absolute Gasteiger partial charge is 0.419 e. The van der Waals surface area contributed by atoms with Crippen LogP contribution in [0.4, 0.5) is 17.6 Å². The number of rotatable bonds is 2. The summed E-state index contributed by atoms with van der Waals surface area (Å²) >= 11 is 0. The van der Waals surface area contributed by atoms with Crippen LogP contribution in [0.25, 0.3) is 0 Å². The fourth-order valence-corrected chi connectivity index (χ4v) is 1.90. The van der Waals surface area contributed by atoms with Crippen LogP contribution in [0, 0.1) is 5.82 Å². The van der Waals surface area contributed by atoms with E-state index >= 15 is 0 Å². The Labute approximate surface area is 107 Å². The van der Waals surface area contributed by atoms with Crippen molar-refractivity contribution in [3.63, 3.8) is 0 Å². The maximum atomic E-state index is 13.4. The lowest BCUT2D eigenvalue weighted by molar-refractivity contribution is -0.140. The molecule has 3 nitrogen and oxygen atoms in total. The van der Waals surface area contributed by atoms with Crippen molar-refractivity contribution in [2.24, 2.45) is 5.73 Å². The van der Waals surface area contributed by atoms with Crippen LogP contribution < -0.4 is 5.73 Å². The van der Waals surface area contributed by atoms with Crippen LogP contribution in [0.5, 0.6) is 0 Å². The van der Waals surface area contributed by atoms with E-state index in [1.807, 2.05) is 0 Å². The second kappa shape index (κ2) is 5.44. The molecule has 1 saturated heterocycles. The van der Waals surface area contributed by atoms with Crippen LogP contribution in [-0.4, -0.2) is 25.9 Å². The molecule has 2 N–H and O–H groups in total. The van der Waals surface area contributed by atoms with Gasteiger partial charge in [-0.3, -0.25) is 0 Å². The molecule has 7 heteroatoms. The summed E-state index contributed by atoms with van der Waals surface area (Å²) in [5, 5.41) is 0. The number of hydrogen-bond donors (Lipinski definition) is 1. The zero-order valence-corrected chi connectivity index (χ0v) is 9.91. The Kier molecular flexibility index (Phi) is 4.07.